The van der Waals surface area contributed by atoms with Crippen LogP contribution in [0.4, 0.5) is 0 Å². The van der Waals surface area contributed by atoms with Gasteiger partial charge in [-0.05, 0) is 23.6 Å². The van der Waals surface area contributed by atoms with E-state index in [0.29, 0.717) is 5.52 Å². The van der Waals surface area contributed by atoms with Crippen LogP contribution in [-0.4, -0.2) is 21.6 Å². The average molecular weight is 218 g/mol. The summed E-state index contributed by atoms with van der Waals surface area (Å²) in [7, 11) is 0. The van der Waals surface area contributed by atoms with Gasteiger partial charge in [-0.3, -0.25) is 4.79 Å². The molecule has 0 aliphatic heterocycles. The van der Waals surface area contributed by atoms with E-state index in [1.807, 2.05) is 6.07 Å². The van der Waals surface area contributed by atoms with Gasteiger partial charge >= 0.3 is 5.97 Å². The van der Waals surface area contributed by atoms with Crippen molar-refractivity contribution in [2.45, 2.75) is 6.54 Å². The summed E-state index contributed by atoms with van der Waals surface area (Å²) in [4.78, 5) is 21.6. The molecular weight excluding hydrogens is 208 g/mol. The average Bonchev–Trinajstić information content (AvgIpc) is 2.60. The Labute approximate surface area is 91.1 Å². The molecule has 5 nitrogen and oxygen atoms in total. The highest BCUT2D eigenvalue weighted by molar-refractivity contribution is 5.93. The number of nitrogens with zero attached hydrogens (tertiary/aromatic N) is 1. The molecule has 0 spiro atoms. The summed E-state index contributed by atoms with van der Waals surface area (Å²) < 4.78 is 1.63. The number of hydrogen-bond acceptors (Lipinski definition) is 2. The summed E-state index contributed by atoms with van der Waals surface area (Å²) in [5.41, 5.74) is 5.98. The summed E-state index contributed by atoms with van der Waals surface area (Å²) in [6.45, 7) is 0.0482. The highest BCUT2D eigenvalue weighted by Gasteiger charge is 2.07. The van der Waals surface area contributed by atoms with Crippen LogP contribution in [0.5, 0.6) is 0 Å². The van der Waals surface area contributed by atoms with Gasteiger partial charge in [0.15, 0.2) is 0 Å². The molecule has 0 bridgehead atoms. The predicted octanol–water partition coefficient (Wildman–Crippen LogP) is 0.825. The van der Waals surface area contributed by atoms with Gasteiger partial charge in [-0.2, -0.15) is 0 Å². The van der Waals surface area contributed by atoms with E-state index < -0.39 is 11.9 Å². The fraction of sp³-hybridized carbons (Fsp3) is 0.0909. The second kappa shape index (κ2) is 3.69. The van der Waals surface area contributed by atoms with Gasteiger partial charge in [-0.25, -0.2) is 4.79 Å². The van der Waals surface area contributed by atoms with Crippen molar-refractivity contribution in [1.82, 2.24) is 4.57 Å². The number of hydrogen-bond donors (Lipinski definition) is 2. The van der Waals surface area contributed by atoms with E-state index in [9.17, 15) is 9.59 Å². The highest BCUT2D eigenvalue weighted by atomic mass is 16.4. The van der Waals surface area contributed by atoms with Crippen molar-refractivity contribution >= 4 is 22.8 Å². The third-order valence-corrected chi connectivity index (χ3v) is 2.35. The normalized spacial score (nSPS) is 10.5. The van der Waals surface area contributed by atoms with Gasteiger partial charge in [0.05, 0.1) is 5.56 Å². The van der Waals surface area contributed by atoms with Gasteiger partial charge in [0, 0.05) is 11.7 Å². The number of fused-ring (bicyclic) bond motifs is 1. The van der Waals surface area contributed by atoms with Crippen molar-refractivity contribution < 1.29 is 14.7 Å². The van der Waals surface area contributed by atoms with Crippen LogP contribution in [0.15, 0.2) is 30.5 Å². The largest absolute Gasteiger partial charge is 0.478 e. The standard InChI is InChI=1S/C11H10N2O3/c12-10(14)6-13-4-3-7-1-2-8(11(15)16)5-9(7)13/h1-5H,6H2,(H2,12,14)(H,15,16). The number of aromatic nitrogens is 1. The van der Waals surface area contributed by atoms with Crippen LogP contribution in [0, 0.1) is 0 Å². The van der Waals surface area contributed by atoms with Crippen molar-refractivity contribution in [2.24, 2.45) is 5.73 Å². The zero-order valence-electron chi connectivity index (χ0n) is 8.38. The number of amides is 1. The first-order valence-electron chi connectivity index (χ1n) is 4.68. The first kappa shape index (κ1) is 10.2. The molecule has 1 aromatic heterocycles. The molecule has 2 rings (SSSR count). The number of primary amides is 1. The van der Waals surface area contributed by atoms with Crippen LogP contribution in [0.1, 0.15) is 10.4 Å². The molecule has 0 saturated carbocycles. The Kier molecular flexibility index (Phi) is 2.36. The number of carboxylic acid groups (broad SMARTS) is 1. The number of nitrogens with two attached hydrogens (primary N) is 1. The second-order valence-electron chi connectivity index (χ2n) is 3.49. The fourth-order valence-electron chi connectivity index (χ4n) is 1.62. The topological polar surface area (TPSA) is 85.3 Å². The van der Waals surface area contributed by atoms with Crippen LogP contribution in [0.3, 0.4) is 0 Å². The van der Waals surface area contributed by atoms with E-state index in [1.165, 1.54) is 12.1 Å². The maximum Gasteiger partial charge on any atom is 0.335 e. The van der Waals surface area contributed by atoms with Crippen molar-refractivity contribution in [3.8, 4) is 0 Å². The fourth-order valence-corrected chi connectivity index (χ4v) is 1.62. The zero-order chi connectivity index (χ0) is 11.7. The number of carbonyl (C=O) groups excluding carboxylic acids is 1. The molecule has 16 heavy (non-hydrogen) atoms. The maximum absolute atomic E-state index is 10.8. The molecule has 0 unspecified atom stereocenters. The SMILES string of the molecule is NC(=O)Cn1ccc2ccc(C(=O)O)cc21. The third kappa shape index (κ3) is 1.75. The van der Waals surface area contributed by atoms with Crippen LogP contribution in [0.2, 0.25) is 0 Å². The molecule has 2 aromatic rings. The van der Waals surface area contributed by atoms with E-state index in [4.69, 9.17) is 10.8 Å². The third-order valence-electron chi connectivity index (χ3n) is 2.35. The smallest absolute Gasteiger partial charge is 0.335 e. The van der Waals surface area contributed by atoms with Crippen molar-refractivity contribution in [3.05, 3.63) is 36.0 Å². The lowest BCUT2D eigenvalue weighted by molar-refractivity contribution is -0.118. The molecule has 82 valence electrons. The Balaban J connectivity index is 2.55. The molecule has 1 heterocycles. The number of rotatable bonds is 3. The van der Waals surface area contributed by atoms with Gasteiger partial charge < -0.3 is 15.4 Å². The Morgan fingerprint density at radius 2 is 2.06 bits per heavy atom. The van der Waals surface area contributed by atoms with E-state index in [1.54, 1.807) is 16.8 Å². The second-order valence-corrected chi connectivity index (χ2v) is 3.49. The van der Waals surface area contributed by atoms with Crippen LogP contribution in [-0.2, 0) is 11.3 Å². The molecule has 0 fully saturated rings. The number of benzene rings is 1. The van der Waals surface area contributed by atoms with Gasteiger partial charge in [0.1, 0.15) is 6.54 Å². The minimum atomic E-state index is -0.992. The van der Waals surface area contributed by atoms with E-state index in [-0.39, 0.29) is 12.1 Å². The predicted molar refractivity (Wildman–Crippen MR) is 58.1 cm³/mol. The first-order valence-corrected chi connectivity index (χ1v) is 4.68. The van der Waals surface area contributed by atoms with Gasteiger partial charge in [0.2, 0.25) is 5.91 Å². The zero-order valence-corrected chi connectivity index (χ0v) is 8.38. The van der Waals surface area contributed by atoms with Crippen molar-refractivity contribution in [2.75, 3.05) is 0 Å². The Morgan fingerprint density at radius 3 is 2.69 bits per heavy atom. The summed E-state index contributed by atoms with van der Waals surface area (Å²) in [6.07, 6.45) is 1.71. The lowest BCUT2D eigenvalue weighted by atomic mass is 10.1. The summed E-state index contributed by atoms with van der Waals surface area (Å²) in [5.74, 6) is -1.45. The van der Waals surface area contributed by atoms with Gasteiger partial charge in [-0.1, -0.05) is 6.07 Å². The molecule has 3 N–H and O–H groups in total. The number of aromatic carboxylic acids is 1. The summed E-state index contributed by atoms with van der Waals surface area (Å²) in [6, 6.07) is 6.57. The number of carboxylic acids is 1. The molecule has 0 aliphatic carbocycles. The summed E-state index contributed by atoms with van der Waals surface area (Å²) in [5, 5.41) is 9.73. The van der Waals surface area contributed by atoms with E-state index >= 15 is 0 Å². The van der Waals surface area contributed by atoms with Crippen molar-refractivity contribution in [1.29, 1.82) is 0 Å². The first-order chi connectivity index (χ1) is 7.58. The molecule has 1 amide bonds. The molecular formula is C11H10N2O3. The van der Waals surface area contributed by atoms with Crippen LogP contribution < -0.4 is 5.73 Å². The van der Waals surface area contributed by atoms with E-state index in [2.05, 4.69) is 0 Å². The molecule has 0 radical (unpaired) electrons. The molecule has 0 atom stereocenters. The minimum Gasteiger partial charge on any atom is -0.478 e. The Morgan fingerprint density at radius 1 is 1.31 bits per heavy atom. The molecule has 0 aliphatic rings. The minimum absolute atomic E-state index is 0.0482. The lowest BCUT2D eigenvalue weighted by Crippen LogP contribution is -2.17. The molecule has 5 heteroatoms. The maximum atomic E-state index is 10.8. The van der Waals surface area contributed by atoms with Crippen molar-refractivity contribution in [3.63, 3.8) is 0 Å². The lowest BCUT2D eigenvalue weighted by Gasteiger charge is -2.02. The van der Waals surface area contributed by atoms with Gasteiger partial charge in [-0.15, -0.1) is 0 Å². The molecule has 1 aromatic carbocycles. The van der Waals surface area contributed by atoms with Crippen LogP contribution >= 0.6 is 0 Å². The summed E-state index contributed by atoms with van der Waals surface area (Å²) >= 11 is 0. The van der Waals surface area contributed by atoms with Gasteiger partial charge in [0.25, 0.3) is 0 Å². The van der Waals surface area contributed by atoms with E-state index in [0.717, 1.165) is 5.39 Å². The Hall–Kier alpha value is -2.30. The highest BCUT2D eigenvalue weighted by Crippen LogP contribution is 2.17. The monoisotopic (exact) mass is 218 g/mol. The molecule has 0 saturated heterocycles. The number of carbonyl (C=O) groups is 2. The Bertz CT molecular complexity index is 572. The quantitative estimate of drug-likeness (QED) is 0.799. The van der Waals surface area contributed by atoms with Crippen LogP contribution in [0.25, 0.3) is 10.9 Å².